The van der Waals surface area contributed by atoms with Crippen molar-refractivity contribution in [3.05, 3.63) is 479 Å². The average Bonchev–Trinajstić information content (AvgIpc) is 0.737. The molecule has 0 spiro atoms. The molecule has 1 saturated heterocycles. The molecule has 1 aliphatic carbocycles. The maximum Gasteiger partial charge on any atom is 0.176 e. The summed E-state index contributed by atoms with van der Waals surface area (Å²) in [5, 5.41) is 61.5. The Kier molecular flexibility index (Phi) is 21.7. The first-order valence-corrected chi connectivity index (χ1v) is 37.9. The molecule has 0 aromatic heterocycles. The van der Waals surface area contributed by atoms with Gasteiger partial charge in [-0.2, -0.15) is 0 Å². The van der Waals surface area contributed by atoms with Gasteiger partial charge >= 0.3 is 0 Å². The highest BCUT2D eigenvalue weighted by atomic mass is 16.7. The summed E-state index contributed by atoms with van der Waals surface area (Å²) in [6.45, 7) is 0.123. The minimum absolute atomic E-state index is 0.00273. The molecule has 10 atom stereocenters. The van der Waals surface area contributed by atoms with Crippen molar-refractivity contribution in [2.45, 2.75) is 96.2 Å². The summed E-state index contributed by atoms with van der Waals surface area (Å²) in [5.41, 5.74) is 7.71. The number of ether oxygens (including phenoxy) is 3. The fourth-order valence-electron chi connectivity index (χ4n) is 17.3. The van der Waals surface area contributed by atoms with Crippen LogP contribution in [0.25, 0.3) is 10.8 Å². The van der Waals surface area contributed by atoms with Gasteiger partial charge in [-0.05, 0) is 95.6 Å². The number of nitrogens with one attached hydrogen (secondary N) is 4. The zero-order valence-electron chi connectivity index (χ0n) is 60.6. The standard InChI is InChI=1S/C99H90N4O6/c104-90-88(69-100-96(74-41-13-1-14-42-74,75-43-15-2-16-44-75)76-45-17-3-18-46-76)108-95(89(91(90)105)103-99(83-59-31-10-32-60-83,84-61-33-11-34-62-84)85-63-35-12-36-64-85)109-94-87(102-98(80-53-25-7-26-54-80,81-55-27-8-28-56-81)82-57-29-9-30-58-82)68-86(93(92(94)106)107-70-71-65-66-72-39-37-38-40-73(72)67-71)101-97(77-47-19-4-20-48-77,78-49-21-5-22-50-78)79-51-23-6-24-52-79/h1-67,86-95,100-106H,68-70H2. The van der Waals surface area contributed by atoms with Crippen molar-refractivity contribution >= 4 is 10.8 Å². The van der Waals surface area contributed by atoms with Crippen molar-refractivity contribution in [1.29, 1.82) is 0 Å². The van der Waals surface area contributed by atoms with Crippen LogP contribution in [-0.4, -0.2) is 82.9 Å². The molecule has 10 unspecified atom stereocenters. The van der Waals surface area contributed by atoms with Crippen LogP contribution in [0.2, 0.25) is 0 Å². The van der Waals surface area contributed by atoms with E-state index >= 15 is 0 Å². The third-order valence-electron chi connectivity index (χ3n) is 22.5. The van der Waals surface area contributed by atoms with Crippen molar-refractivity contribution in [3.8, 4) is 0 Å². The molecule has 109 heavy (non-hydrogen) atoms. The predicted octanol–water partition coefficient (Wildman–Crippen LogP) is 16.8. The number of fused-ring (bicyclic) bond motifs is 1. The van der Waals surface area contributed by atoms with Gasteiger partial charge in [0.2, 0.25) is 0 Å². The van der Waals surface area contributed by atoms with Crippen LogP contribution in [0.5, 0.6) is 0 Å². The Hall–Kier alpha value is -11.1. The Balaban J connectivity index is 0.912. The van der Waals surface area contributed by atoms with E-state index in [0.717, 1.165) is 83.1 Å². The van der Waals surface area contributed by atoms with E-state index in [2.05, 4.69) is 270 Å². The van der Waals surface area contributed by atoms with Gasteiger partial charge in [-0.3, -0.25) is 21.3 Å². The second kappa shape index (κ2) is 32.8. The van der Waals surface area contributed by atoms with E-state index in [1.54, 1.807) is 0 Å². The van der Waals surface area contributed by atoms with Crippen molar-refractivity contribution in [2.75, 3.05) is 6.54 Å². The molecular weight excluding hydrogens is 1340 g/mol. The Morgan fingerprint density at radius 2 is 0.578 bits per heavy atom. The van der Waals surface area contributed by atoms with Crippen LogP contribution in [0.3, 0.4) is 0 Å². The van der Waals surface area contributed by atoms with Gasteiger partial charge in [0, 0.05) is 18.6 Å². The number of aliphatic hydroxyl groups excluding tert-OH is 3. The number of benzene rings is 14. The van der Waals surface area contributed by atoms with E-state index < -0.39 is 83.2 Å². The van der Waals surface area contributed by atoms with Gasteiger partial charge in [0.25, 0.3) is 0 Å². The molecule has 10 heteroatoms. The van der Waals surface area contributed by atoms with Crippen LogP contribution in [-0.2, 0) is 43.0 Å². The first kappa shape index (κ1) is 72.2. The fourth-order valence-corrected chi connectivity index (χ4v) is 17.3. The topological polar surface area (TPSA) is 136 Å². The lowest BCUT2D eigenvalue weighted by Crippen LogP contribution is -2.72. The molecule has 14 aromatic rings. The first-order valence-electron chi connectivity index (χ1n) is 37.9. The maximum absolute atomic E-state index is 14.9. The molecule has 10 nitrogen and oxygen atoms in total. The average molecular weight is 1430 g/mol. The molecule has 0 amide bonds. The largest absolute Gasteiger partial charge is 0.388 e. The van der Waals surface area contributed by atoms with Gasteiger partial charge in [-0.15, -0.1) is 0 Å². The van der Waals surface area contributed by atoms with Crippen LogP contribution in [0, 0.1) is 0 Å². The lowest BCUT2D eigenvalue weighted by atomic mass is 9.72. The number of hydrogen-bond acceptors (Lipinski definition) is 10. The van der Waals surface area contributed by atoms with E-state index in [9.17, 15) is 15.3 Å². The highest BCUT2D eigenvalue weighted by Gasteiger charge is 2.57. The van der Waals surface area contributed by atoms with Gasteiger partial charge in [0.1, 0.15) is 36.6 Å². The zero-order chi connectivity index (χ0) is 73.9. The summed E-state index contributed by atoms with van der Waals surface area (Å²) in [7, 11) is 0. The summed E-state index contributed by atoms with van der Waals surface area (Å²) in [5.74, 6) is 0. The van der Waals surface area contributed by atoms with Crippen LogP contribution >= 0.6 is 0 Å². The summed E-state index contributed by atoms with van der Waals surface area (Å²) >= 11 is 0. The Morgan fingerprint density at radius 1 is 0.294 bits per heavy atom. The minimum Gasteiger partial charge on any atom is -0.388 e. The van der Waals surface area contributed by atoms with Crippen molar-refractivity contribution in [2.24, 2.45) is 0 Å². The molecule has 1 heterocycles. The normalized spacial score (nSPS) is 20.5. The molecule has 0 bridgehead atoms. The first-order chi connectivity index (χ1) is 53.8. The van der Waals surface area contributed by atoms with E-state index in [0.29, 0.717) is 0 Å². The summed E-state index contributed by atoms with van der Waals surface area (Å²) in [6.07, 6.45) is -9.24. The van der Waals surface area contributed by atoms with Gasteiger partial charge in [0.05, 0.1) is 34.8 Å². The third-order valence-corrected chi connectivity index (χ3v) is 22.5. The van der Waals surface area contributed by atoms with Gasteiger partial charge in [-0.25, -0.2) is 0 Å². The van der Waals surface area contributed by atoms with Crippen LogP contribution in [0.4, 0.5) is 0 Å². The van der Waals surface area contributed by atoms with Gasteiger partial charge in [-0.1, -0.05) is 400 Å². The molecule has 7 N–H and O–H groups in total. The van der Waals surface area contributed by atoms with E-state index in [4.69, 9.17) is 14.2 Å². The van der Waals surface area contributed by atoms with Crippen LogP contribution in [0.1, 0.15) is 78.7 Å². The van der Waals surface area contributed by atoms with E-state index in [1.807, 2.05) is 158 Å². The molecule has 14 aromatic carbocycles. The van der Waals surface area contributed by atoms with Crippen molar-refractivity contribution in [1.82, 2.24) is 21.3 Å². The lowest BCUT2D eigenvalue weighted by molar-refractivity contribution is -0.298. The van der Waals surface area contributed by atoms with Gasteiger partial charge in [0.15, 0.2) is 6.29 Å². The lowest BCUT2D eigenvalue weighted by Gasteiger charge is -2.53. The molecule has 16 rings (SSSR count). The highest BCUT2D eigenvalue weighted by molar-refractivity contribution is 5.83. The molecule has 542 valence electrons. The van der Waals surface area contributed by atoms with Crippen molar-refractivity contribution in [3.63, 3.8) is 0 Å². The number of hydrogen-bond donors (Lipinski definition) is 7. The minimum atomic E-state index is -1.59. The summed E-state index contributed by atoms with van der Waals surface area (Å²) in [4.78, 5) is 0. The van der Waals surface area contributed by atoms with Gasteiger partial charge < -0.3 is 29.5 Å². The molecule has 1 saturated carbocycles. The van der Waals surface area contributed by atoms with Crippen LogP contribution in [0.15, 0.2) is 406 Å². The smallest absolute Gasteiger partial charge is 0.176 e. The van der Waals surface area contributed by atoms with Crippen LogP contribution < -0.4 is 21.3 Å². The highest BCUT2D eigenvalue weighted by Crippen LogP contribution is 2.46. The quantitative estimate of drug-likeness (QED) is 0.0263. The maximum atomic E-state index is 14.9. The fraction of sp³-hybridized carbons (Fsp3) is 0.172. The second-order valence-corrected chi connectivity index (χ2v) is 28.8. The third kappa shape index (κ3) is 14.3. The molecule has 2 fully saturated rings. The van der Waals surface area contributed by atoms with Crippen molar-refractivity contribution < 1.29 is 29.5 Å². The number of aliphatic hydroxyl groups is 3. The zero-order valence-corrected chi connectivity index (χ0v) is 60.6. The Bertz CT molecular complexity index is 4760. The predicted molar refractivity (Wildman–Crippen MR) is 434 cm³/mol. The Morgan fingerprint density at radius 3 is 0.908 bits per heavy atom. The molecule has 2 aliphatic rings. The molecule has 0 radical (unpaired) electrons. The second-order valence-electron chi connectivity index (χ2n) is 28.8. The summed E-state index contributed by atoms with van der Waals surface area (Å²) in [6, 6.07) is 137. The van der Waals surface area contributed by atoms with E-state index in [-0.39, 0.29) is 19.6 Å². The number of rotatable bonds is 26. The Labute approximate surface area is 639 Å². The molecule has 1 aliphatic heterocycles. The monoisotopic (exact) mass is 1430 g/mol. The SMILES string of the molecule is OC1C(CNC(c2ccccc2)(c2ccccc2)c2ccccc2)OC(OC2C(NC(c3ccccc3)(c3ccccc3)c3ccccc3)CC(NC(c3ccccc3)(c3ccccc3)c3ccccc3)C(OCc3ccc4ccccc4c3)C2O)C(NC(c2ccccc2)(c2ccccc2)c2ccccc2)C1O. The van der Waals surface area contributed by atoms with E-state index in [1.165, 1.54) is 0 Å². The molecular formula is C99H90N4O6. The summed E-state index contributed by atoms with van der Waals surface area (Å²) < 4.78 is 23.6.